The summed E-state index contributed by atoms with van der Waals surface area (Å²) in [5, 5.41) is 15.3. The normalized spacial score (nSPS) is 12.5. The second kappa shape index (κ2) is 9.36. The van der Waals surface area contributed by atoms with E-state index in [0.717, 1.165) is 12.1 Å². The van der Waals surface area contributed by atoms with Gasteiger partial charge >= 0.3 is 6.18 Å². The molecule has 0 aliphatic rings. The van der Waals surface area contributed by atoms with Gasteiger partial charge in [-0.05, 0) is 37.3 Å². The van der Waals surface area contributed by atoms with Crippen LogP contribution in [0.2, 0.25) is 5.02 Å². The van der Waals surface area contributed by atoms with Crippen LogP contribution in [-0.2, 0) is 13.7 Å². The molecule has 33 heavy (non-hydrogen) atoms. The van der Waals surface area contributed by atoms with Gasteiger partial charge in [-0.3, -0.25) is 9.48 Å². The number of aliphatic hydroxyl groups is 1. The number of para-hydroxylation sites is 1. The Kier molecular flexibility index (Phi) is 6.94. The van der Waals surface area contributed by atoms with E-state index in [1.807, 2.05) is 0 Å². The molecule has 0 unspecified atom stereocenters. The van der Waals surface area contributed by atoms with E-state index >= 15 is 0 Å². The Bertz CT molecular complexity index is 1180. The van der Waals surface area contributed by atoms with Crippen molar-refractivity contribution >= 4 is 23.2 Å². The molecule has 12 heteroatoms. The summed E-state index contributed by atoms with van der Waals surface area (Å²) in [6.07, 6.45) is -7.14. The lowest BCUT2D eigenvalue weighted by Crippen LogP contribution is -2.32. The van der Waals surface area contributed by atoms with Crippen LogP contribution >= 0.6 is 11.6 Å². The van der Waals surface area contributed by atoms with Gasteiger partial charge in [0.25, 0.3) is 5.91 Å². The third-order valence-corrected chi connectivity index (χ3v) is 5.01. The number of nitrogens with one attached hydrogen (secondary N) is 1. The summed E-state index contributed by atoms with van der Waals surface area (Å²) < 4.78 is 74.5. The van der Waals surface area contributed by atoms with Crippen LogP contribution in [-0.4, -0.2) is 33.1 Å². The Hall–Kier alpha value is -3.18. The van der Waals surface area contributed by atoms with Crippen molar-refractivity contribution < 1.29 is 36.6 Å². The van der Waals surface area contributed by atoms with Crippen LogP contribution < -0.4 is 10.1 Å². The van der Waals surface area contributed by atoms with Crippen LogP contribution in [0.4, 0.5) is 27.6 Å². The van der Waals surface area contributed by atoms with Gasteiger partial charge in [0, 0.05) is 12.6 Å². The number of halogens is 6. The highest BCUT2D eigenvalue weighted by atomic mass is 35.5. The first kappa shape index (κ1) is 24.5. The lowest BCUT2D eigenvalue weighted by molar-refractivity contribution is -0.189. The fourth-order valence-corrected chi connectivity index (χ4v) is 3.08. The number of carbonyl (C=O) groups is 1. The smallest absolute Gasteiger partial charge is 0.425 e. The summed E-state index contributed by atoms with van der Waals surface area (Å²) in [7, 11) is 1.48. The van der Waals surface area contributed by atoms with Crippen molar-refractivity contribution in [1.82, 2.24) is 9.78 Å². The summed E-state index contributed by atoms with van der Waals surface area (Å²) in [4.78, 5) is 12.8. The number of alkyl halides is 3. The Balaban J connectivity index is 2.09. The molecule has 1 heterocycles. The van der Waals surface area contributed by atoms with Crippen molar-refractivity contribution in [3.63, 3.8) is 0 Å². The number of benzene rings is 2. The maximum atomic E-state index is 14.9. The molecule has 2 aromatic carbocycles. The molecule has 3 rings (SSSR count). The lowest BCUT2D eigenvalue weighted by atomic mass is 10.1. The molecule has 176 valence electrons. The number of nitrogens with zero attached hydrogens (tertiary/aromatic N) is 2. The molecule has 0 aliphatic heterocycles. The number of aryl methyl sites for hydroxylation is 1. The van der Waals surface area contributed by atoms with E-state index in [-0.39, 0.29) is 16.3 Å². The summed E-state index contributed by atoms with van der Waals surface area (Å²) in [6, 6.07) is 6.45. The second-order valence-corrected chi connectivity index (χ2v) is 7.39. The minimum atomic E-state index is -4.79. The zero-order valence-corrected chi connectivity index (χ0v) is 17.9. The minimum Gasteiger partial charge on any atom is -0.480 e. The van der Waals surface area contributed by atoms with E-state index in [2.05, 4.69) is 10.4 Å². The topological polar surface area (TPSA) is 76.4 Å². The number of aromatic nitrogens is 2. The largest absolute Gasteiger partial charge is 0.480 e. The molecule has 0 bridgehead atoms. The number of amides is 1. The third-order valence-electron chi connectivity index (χ3n) is 4.69. The van der Waals surface area contributed by atoms with Crippen molar-refractivity contribution in [2.75, 3.05) is 5.32 Å². The average Bonchev–Trinajstić information content (AvgIpc) is 3.11. The maximum absolute atomic E-state index is 14.9. The standard InChI is InChI=1S/C21H17ClF5N3O3/c1-10(21(25,26)27)33-18-8-12(17-6-11(9-31)30(2)29-17)16(24)7-13(18)20(32)28-19-14(22)4-3-5-15(19)23/h3-8,10,31H,9H2,1-2H3,(H,28,32)/t10-/m0/s1. The Morgan fingerprint density at radius 3 is 2.52 bits per heavy atom. The molecule has 0 spiro atoms. The Morgan fingerprint density at radius 2 is 1.94 bits per heavy atom. The first-order valence-electron chi connectivity index (χ1n) is 9.38. The van der Waals surface area contributed by atoms with Gasteiger partial charge in [0.2, 0.25) is 0 Å². The zero-order valence-electron chi connectivity index (χ0n) is 17.2. The molecule has 0 aliphatic carbocycles. The molecular formula is C21H17ClF5N3O3. The van der Waals surface area contributed by atoms with Gasteiger partial charge in [0.15, 0.2) is 6.10 Å². The van der Waals surface area contributed by atoms with Gasteiger partial charge in [0.1, 0.15) is 17.4 Å². The van der Waals surface area contributed by atoms with Crippen molar-refractivity contribution in [1.29, 1.82) is 0 Å². The van der Waals surface area contributed by atoms with Gasteiger partial charge in [-0.25, -0.2) is 8.78 Å². The molecule has 1 amide bonds. The monoisotopic (exact) mass is 489 g/mol. The van der Waals surface area contributed by atoms with Crippen LogP contribution in [0.25, 0.3) is 11.3 Å². The van der Waals surface area contributed by atoms with Gasteiger partial charge in [-0.2, -0.15) is 18.3 Å². The number of rotatable bonds is 6. The van der Waals surface area contributed by atoms with E-state index in [9.17, 15) is 31.9 Å². The lowest BCUT2D eigenvalue weighted by Gasteiger charge is -2.20. The fourth-order valence-electron chi connectivity index (χ4n) is 2.87. The fraction of sp³-hybridized carbons (Fsp3) is 0.238. The van der Waals surface area contributed by atoms with Crippen molar-refractivity contribution in [3.05, 3.63) is 64.3 Å². The van der Waals surface area contributed by atoms with E-state index in [4.69, 9.17) is 16.3 Å². The van der Waals surface area contributed by atoms with Crippen molar-refractivity contribution in [2.24, 2.45) is 7.05 Å². The summed E-state index contributed by atoms with van der Waals surface area (Å²) in [5.74, 6) is -3.66. The molecular weight excluding hydrogens is 473 g/mol. The number of hydrogen-bond acceptors (Lipinski definition) is 4. The number of hydrogen-bond donors (Lipinski definition) is 2. The summed E-state index contributed by atoms with van der Waals surface area (Å²) in [6.45, 7) is 0.298. The maximum Gasteiger partial charge on any atom is 0.425 e. The van der Waals surface area contributed by atoms with E-state index < -0.39 is 53.4 Å². The van der Waals surface area contributed by atoms with Crippen LogP contribution in [0.15, 0.2) is 36.4 Å². The summed E-state index contributed by atoms with van der Waals surface area (Å²) in [5.41, 5.74) is -1.01. The SMILES string of the molecule is C[C@H](Oc1cc(-c2cc(CO)n(C)n2)c(F)cc1C(=O)Nc1c(F)cccc1Cl)C(F)(F)F. The van der Waals surface area contributed by atoms with E-state index in [1.165, 1.54) is 29.9 Å². The van der Waals surface area contributed by atoms with Gasteiger partial charge in [-0.15, -0.1) is 0 Å². The number of carbonyl (C=O) groups excluding carboxylic acids is 1. The van der Waals surface area contributed by atoms with Crippen LogP contribution in [0, 0.1) is 11.6 Å². The predicted octanol–water partition coefficient (Wildman–Crippen LogP) is 5.09. The Morgan fingerprint density at radius 1 is 1.24 bits per heavy atom. The highest BCUT2D eigenvalue weighted by Gasteiger charge is 2.39. The second-order valence-electron chi connectivity index (χ2n) is 6.98. The third kappa shape index (κ3) is 5.25. The molecule has 6 nitrogen and oxygen atoms in total. The van der Waals surface area contributed by atoms with Crippen LogP contribution in [0.3, 0.4) is 0 Å². The van der Waals surface area contributed by atoms with E-state index in [1.54, 1.807) is 0 Å². The quantitative estimate of drug-likeness (QED) is 0.473. The molecule has 1 atom stereocenters. The molecule has 3 aromatic rings. The van der Waals surface area contributed by atoms with Crippen molar-refractivity contribution in [3.8, 4) is 17.0 Å². The van der Waals surface area contributed by atoms with E-state index in [0.29, 0.717) is 18.7 Å². The average molecular weight is 490 g/mol. The molecule has 1 aromatic heterocycles. The van der Waals surface area contributed by atoms with Gasteiger partial charge < -0.3 is 15.2 Å². The molecule has 0 saturated carbocycles. The van der Waals surface area contributed by atoms with Crippen LogP contribution in [0.5, 0.6) is 5.75 Å². The highest BCUT2D eigenvalue weighted by molar-refractivity contribution is 6.34. The Labute approximate surface area is 189 Å². The van der Waals surface area contributed by atoms with Crippen molar-refractivity contribution in [2.45, 2.75) is 25.8 Å². The minimum absolute atomic E-state index is 0.00679. The van der Waals surface area contributed by atoms with Gasteiger partial charge in [-0.1, -0.05) is 17.7 Å². The number of ether oxygens (including phenoxy) is 1. The van der Waals surface area contributed by atoms with Gasteiger partial charge in [0.05, 0.1) is 34.3 Å². The van der Waals surface area contributed by atoms with Crippen LogP contribution in [0.1, 0.15) is 23.0 Å². The number of anilines is 1. The molecule has 0 fully saturated rings. The molecule has 2 N–H and O–H groups in total. The molecule has 0 saturated heterocycles. The first-order valence-corrected chi connectivity index (χ1v) is 9.76. The highest BCUT2D eigenvalue weighted by Crippen LogP contribution is 2.34. The summed E-state index contributed by atoms with van der Waals surface area (Å²) >= 11 is 5.87. The molecule has 0 radical (unpaired) electrons. The number of aliphatic hydroxyl groups excluding tert-OH is 1. The predicted molar refractivity (Wildman–Crippen MR) is 110 cm³/mol. The zero-order chi connectivity index (χ0) is 24.5. The first-order chi connectivity index (χ1) is 15.4.